The monoisotopic (exact) mass is 143 g/mol. The van der Waals surface area contributed by atoms with Crippen LogP contribution in [0.2, 0.25) is 5.54 Å². The molecule has 2 heteroatoms. The zero-order valence-electron chi connectivity index (χ0n) is 6.70. The van der Waals surface area contributed by atoms with Crippen LogP contribution in [0.15, 0.2) is 0 Å². The average molecular weight is 143 g/mol. The Morgan fingerprint density at radius 1 is 1.33 bits per heavy atom. The Morgan fingerprint density at radius 2 is 1.89 bits per heavy atom. The topological polar surface area (TPSA) is 12.0 Å². The van der Waals surface area contributed by atoms with Gasteiger partial charge in [-0.2, -0.15) is 0 Å². The molecule has 0 radical (unpaired) electrons. The predicted molar refractivity (Wildman–Crippen MR) is 44.4 cm³/mol. The summed E-state index contributed by atoms with van der Waals surface area (Å²) in [6, 6.07) is 0. The first kappa shape index (κ1) is 7.29. The second-order valence-corrected chi connectivity index (χ2v) is 5.99. The van der Waals surface area contributed by atoms with Crippen molar-refractivity contribution in [1.82, 2.24) is 4.98 Å². The first-order valence-corrected chi connectivity index (χ1v) is 5.35. The third-order valence-electron chi connectivity index (χ3n) is 1.62. The van der Waals surface area contributed by atoms with Crippen molar-refractivity contribution in [2.45, 2.75) is 44.7 Å². The van der Waals surface area contributed by atoms with Crippen molar-refractivity contribution in [2.75, 3.05) is 0 Å². The maximum Gasteiger partial charge on any atom is 0.0952 e. The summed E-state index contributed by atoms with van der Waals surface area (Å²) in [7, 11) is 0.103. The lowest BCUT2D eigenvalue weighted by molar-refractivity contribution is 0.522. The van der Waals surface area contributed by atoms with Gasteiger partial charge in [-0.05, 0) is 26.3 Å². The molecule has 54 valence electrons. The molecule has 0 aromatic rings. The molecule has 1 aliphatic rings. The van der Waals surface area contributed by atoms with Gasteiger partial charge in [0.15, 0.2) is 0 Å². The summed E-state index contributed by atoms with van der Waals surface area (Å²) in [6.45, 7) is 6.76. The highest BCUT2D eigenvalue weighted by Gasteiger charge is 2.23. The molecular weight excluding hydrogens is 126 g/mol. The molecule has 1 fully saturated rings. The van der Waals surface area contributed by atoms with E-state index >= 15 is 0 Å². The van der Waals surface area contributed by atoms with E-state index in [2.05, 4.69) is 25.8 Å². The van der Waals surface area contributed by atoms with Gasteiger partial charge in [0, 0.05) is 5.54 Å². The minimum atomic E-state index is 0.103. The molecule has 1 N–H and O–H groups in total. The molecule has 0 atom stereocenters. The highest BCUT2D eigenvalue weighted by molar-refractivity contribution is 6.35. The van der Waals surface area contributed by atoms with Crippen LogP contribution in [0.25, 0.3) is 0 Å². The van der Waals surface area contributed by atoms with Gasteiger partial charge in [0.1, 0.15) is 0 Å². The van der Waals surface area contributed by atoms with Crippen LogP contribution in [0.4, 0.5) is 0 Å². The van der Waals surface area contributed by atoms with Crippen molar-refractivity contribution >= 4 is 9.68 Å². The minimum absolute atomic E-state index is 0.103. The Bertz CT molecular complexity index is 91.6. The van der Waals surface area contributed by atoms with Crippen LogP contribution < -0.4 is 4.98 Å². The van der Waals surface area contributed by atoms with Crippen molar-refractivity contribution < 1.29 is 0 Å². The highest BCUT2D eigenvalue weighted by Crippen LogP contribution is 2.34. The molecule has 0 amide bonds. The lowest BCUT2D eigenvalue weighted by Crippen LogP contribution is -2.38. The van der Waals surface area contributed by atoms with Gasteiger partial charge in [0.05, 0.1) is 9.68 Å². The fourth-order valence-electron chi connectivity index (χ4n) is 0.772. The fourth-order valence-corrected chi connectivity index (χ4v) is 2.32. The van der Waals surface area contributed by atoms with Crippen LogP contribution in [0.1, 0.15) is 33.6 Å². The Balaban J connectivity index is 2.03. The molecule has 1 saturated carbocycles. The number of hydrogen-bond donors (Lipinski definition) is 1. The molecule has 0 bridgehead atoms. The van der Waals surface area contributed by atoms with Crippen molar-refractivity contribution in [3.8, 4) is 0 Å². The van der Waals surface area contributed by atoms with Gasteiger partial charge in [0.2, 0.25) is 0 Å². The molecule has 0 unspecified atom stereocenters. The summed E-state index contributed by atoms with van der Waals surface area (Å²) in [6.07, 6.45) is 3.02. The van der Waals surface area contributed by atoms with E-state index in [1.54, 1.807) is 0 Å². The van der Waals surface area contributed by atoms with E-state index in [0.29, 0.717) is 5.54 Å². The van der Waals surface area contributed by atoms with Crippen molar-refractivity contribution in [3.63, 3.8) is 0 Å². The Kier molecular flexibility index (Phi) is 1.96. The van der Waals surface area contributed by atoms with E-state index in [0.717, 1.165) is 5.54 Å². The molecule has 0 aliphatic heterocycles. The third-order valence-corrected chi connectivity index (χ3v) is 4.28. The van der Waals surface area contributed by atoms with E-state index in [1.165, 1.54) is 12.8 Å². The fraction of sp³-hybridized carbons (Fsp3) is 1.00. The largest absolute Gasteiger partial charge is 0.337 e. The molecule has 1 aliphatic carbocycles. The Morgan fingerprint density at radius 3 is 2.22 bits per heavy atom. The first-order valence-electron chi connectivity index (χ1n) is 3.83. The van der Waals surface area contributed by atoms with Gasteiger partial charge in [-0.1, -0.05) is 12.8 Å². The zero-order chi connectivity index (χ0) is 6.91. The first-order chi connectivity index (χ1) is 4.08. The highest BCUT2D eigenvalue weighted by atomic mass is 28.2. The average Bonchev–Trinajstić information content (AvgIpc) is 2.38. The number of nitrogens with one attached hydrogen (secondary N) is 1. The Hall–Kier alpha value is 0.177. The van der Waals surface area contributed by atoms with Crippen LogP contribution in [0.3, 0.4) is 0 Å². The van der Waals surface area contributed by atoms with E-state index in [9.17, 15) is 0 Å². The molecule has 0 aromatic heterocycles. The van der Waals surface area contributed by atoms with Gasteiger partial charge in [-0.15, -0.1) is 0 Å². The van der Waals surface area contributed by atoms with Crippen LogP contribution in [-0.4, -0.2) is 15.2 Å². The zero-order valence-corrected chi connectivity index (χ0v) is 8.11. The van der Waals surface area contributed by atoms with Gasteiger partial charge in [0.25, 0.3) is 0 Å². The van der Waals surface area contributed by atoms with Gasteiger partial charge in [-0.25, -0.2) is 0 Å². The van der Waals surface area contributed by atoms with Crippen molar-refractivity contribution in [3.05, 3.63) is 0 Å². The molecule has 9 heavy (non-hydrogen) atoms. The summed E-state index contributed by atoms with van der Waals surface area (Å²) in [5.74, 6) is 0. The van der Waals surface area contributed by atoms with Crippen LogP contribution in [-0.2, 0) is 0 Å². The third kappa shape index (κ3) is 3.70. The normalized spacial score (nSPS) is 21.7. The predicted octanol–water partition coefficient (Wildman–Crippen LogP) is 1.04. The minimum Gasteiger partial charge on any atom is -0.337 e. The van der Waals surface area contributed by atoms with E-state index in [-0.39, 0.29) is 9.68 Å². The summed E-state index contributed by atoms with van der Waals surface area (Å²) >= 11 is 0. The molecule has 1 rings (SSSR count). The summed E-state index contributed by atoms with van der Waals surface area (Å²) < 4.78 is 0. The molecule has 1 nitrogen and oxygen atoms in total. The molecule has 0 spiro atoms. The number of hydrogen-bond acceptors (Lipinski definition) is 1. The molecule has 0 saturated heterocycles. The summed E-state index contributed by atoms with van der Waals surface area (Å²) in [5, 5.41) is 0. The Labute approximate surface area is 60.1 Å². The number of rotatable bonds is 2. The quantitative estimate of drug-likeness (QED) is 0.570. The van der Waals surface area contributed by atoms with Gasteiger partial charge < -0.3 is 4.98 Å². The molecule has 0 heterocycles. The van der Waals surface area contributed by atoms with Gasteiger partial charge in [-0.3, -0.25) is 0 Å². The maximum atomic E-state index is 3.62. The standard InChI is InChI=1S/C7H17NSi/c1-7(2,3)8-9-6-4-5-6/h6,8H,4-5,9H2,1-3H3. The van der Waals surface area contributed by atoms with Crippen LogP contribution >= 0.6 is 0 Å². The summed E-state index contributed by atoms with van der Waals surface area (Å²) in [4.78, 5) is 3.62. The van der Waals surface area contributed by atoms with E-state index in [1.807, 2.05) is 0 Å². The van der Waals surface area contributed by atoms with Crippen LogP contribution in [0.5, 0.6) is 0 Å². The van der Waals surface area contributed by atoms with Crippen molar-refractivity contribution in [2.24, 2.45) is 0 Å². The van der Waals surface area contributed by atoms with Crippen LogP contribution in [0, 0.1) is 0 Å². The maximum absolute atomic E-state index is 3.62. The van der Waals surface area contributed by atoms with E-state index in [4.69, 9.17) is 0 Å². The van der Waals surface area contributed by atoms with E-state index < -0.39 is 0 Å². The second kappa shape index (κ2) is 2.43. The lowest BCUT2D eigenvalue weighted by atomic mass is 10.1. The SMILES string of the molecule is CC(C)(C)N[SiH2]C1CC1. The lowest BCUT2D eigenvalue weighted by Gasteiger charge is -2.19. The van der Waals surface area contributed by atoms with Gasteiger partial charge >= 0.3 is 0 Å². The molecular formula is C7H17NSi. The molecule has 0 aromatic carbocycles. The smallest absolute Gasteiger partial charge is 0.0952 e. The van der Waals surface area contributed by atoms with Crippen molar-refractivity contribution in [1.29, 1.82) is 0 Å². The second-order valence-electron chi connectivity index (χ2n) is 4.07. The summed E-state index contributed by atoms with van der Waals surface area (Å²) in [5.41, 5.74) is 1.53.